The maximum atomic E-state index is 11.2. The van der Waals surface area contributed by atoms with E-state index in [1.807, 2.05) is 0 Å². The van der Waals surface area contributed by atoms with E-state index < -0.39 is 25.3 Å². The molecule has 4 N–H and O–H groups in total. The zero-order valence-electron chi connectivity index (χ0n) is 10.8. The topological polar surface area (TPSA) is 115 Å². The fraction of sp³-hybridized carbons (Fsp3) is 0.800. The van der Waals surface area contributed by atoms with Gasteiger partial charge in [-0.25, -0.2) is 4.79 Å². The van der Waals surface area contributed by atoms with E-state index in [-0.39, 0.29) is 19.0 Å². The highest BCUT2D eigenvalue weighted by Crippen LogP contribution is 2.51. The number of halogens is 1. The molecular weight excluding hydrogens is 329 g/mol. The van der Waals surface area contributed by atoms with Gasteiger partial charge in [0.2, 0.25) is 0 Å². The highest BCUT2D eigenvalue weighted by atomic mass is 35.5. The summed E-state index contributed by atoms with van der Waals surface area (Å²) in [5, 5.41) is 17.2. The van der Waals surface area contributed by atoms with Crippen molar-refractivity contribution >= 4 is 31.2 Å². The molecule has 0 aromatic carbocycles. The van der Waals surface area contributed by atoms with E-state index in [9.17, 15) is 14.5 Å². The molecule has 10 heteroatoms. The fourth-order valence-electron chi connectivity index (χ4n) is 2.43. The fourth-order valence-corrected chi connectivity index (χ4v) is 3.39. The first-order valence-electron chi connectivity index (χ1n) is 5.97. The molecule has 7 nitrogen and oxygen atoms in total. The third kappa shape index (κ3) is 4.21. The molecule has 0 bridgehead atoms. The Kier molecular flexibility index (Phi) is 7.24. The van der Waals surface area contributed by atoms with Crippen LogP contribution in [0.25, 0.3) is 0 Å². The molecule has 118 valence electrons. The number of aliphatic carboxylic acids is 1. The highest BCUT2D eigenvalue weighted by Gasteiger charge is 2.54. The van der Waals surface area contributed by atoms with E-state index in [4.69, 9.17) is 27.1 Å². The summed E-state index contributed by atoms with van der Waals surface area (Å²) in [6.07, 6.45) is 1.44. The van der Waals surface area contributed by atoms with Gasteiger partial charge in [0.1, 0.15) is 6.54 Å². The van der Waals surface area contributed by atoms with Crippen molar-refractivity contribution < 1.29 is 46.2 Å². The summed E-state index contributed by atoms with van der Waals surface area (Å²) in [6.45, 7) is 2.28. The molecule has 0 spiro atoms. The van der Waals surface area contributed by atoms with Gasteiger partial charge in [0.25, 0.3) is 5.34 Å². The molecule has 1 heterocycles. The lowest BCUT2D eigenvalue weighted by molar-refractivity contribution is -0.908. The molecule has 1 unspecified atom stereocenters. The molecule has 0 amide bonds. The van der Waals surface area contributed by atoms with Gasteiger partial charge >= 0.3 is 13.6 Å². The Morgan fingerprint density at radius 3 is 2.20 bits per heavy atom. The van der Waals surface area contributed by atoms with Crippen LogP contribution < -0.4 is 12.4 Å². The van der Waals surface area contributed by atoms with Gasteiger partial charge in [0, 0.05) is 24.6 Å². The van der Waals surface area contributed by atoms with E-state index in [1.54, 1.807) is 5.37 Å². The summed E-state index contributed by atoms with van der Waals surface area (Å²) < 4.78 is 11.7. The van der Waals surface area contributed by atoms with Crippen LogP contribution in [0.5, 0.6) is 0 Å². The van der Waals surface area contributed by atoms with Crippen LogP contribution in [0, 0.1) is 0 Å². The zero-order valence-corrected chi connectivity index (χ0v) is 13.3. The lowest BCUT2D eigenvalue weighted by Gasteiger charge is -2.35. The number of carboxylic acid groups (broad SMARTS) is 1. The normalized spacial score (nSPS) is 20.8. The number of nitrogens with zero attached hydrogens (tertiary/aromatic N) is 1. The van der Waals surface area contributed by atoms with Gasteiger partial charge in [-0.15, -0.1) is 0 Å². The van der Waals surface area contributed by atoms with Crippen LogP contribution in [0.15, 0.2) is 0 Å². The molecule has 1 aliphatic rings. The molecule has 1 rings (SSSR count). The SMILES string of the molecule is O=C(O)C(O)(CC[N+]1(CC=S)CCCC1)P(=O)(O)O.[Cl-]. The number of hydrogen-bond donors (Lipinski definition) is 4. The number of quaternary nitrogens is 1. The standard InChI is InChI=1S/C10H18NO6PS.ClH/c12-9(13)10(14,18(15,16)17)3-6-11(7-8-19)4-1-2-5-11;/h8,14H,1-7H2,(H2-,12,13,15,16,17);1H. The van der Waals surface area contributed by atoms with E-state index in [0.29, 0.717) is 11.0 Å². The number of carboxylic acids is 1. The van der Waals surface area contributed by atoms with Crippen LogP contribution in [-0.2, 0) is 9.36 Å². The van der Waals surface area contributed by atoms with Gasteiger partial charge in [-0.2, -0.15) is 0 Å². The number of rotatable bonds is 7. The second-order valence-electron chi connectivity index (χ2n) is 4.98. The van der Waals surface area contributed by atoms with Gasteiger partial charge in [-0.1, -0.05) is 12.2 Å². The summed E-state index contributed by atoms with van der Waals surface area (Å²) in [5.41, 5.74) is 0. The first-order chi connectivity index (χ1) is 8.67. The van der Waals surface area contributed by atoms with E-state index in [1.165, 1.54) is 0 Å². The highest BCUT2D eigenvalue weighted by molar-refractivity contribution is 7.79. The molecule has 1 saturated heterocycles. The number of thiocarbonyl (C=S) groups is 1. The van der Waals surface area contributed by atoms with Crippen LogP contribution >= 0.6 is 19.8 Å². The number of carbonyl (C=O) groups is 1. The number of likely N-dealkylation sites (tertiary alicyclic amines) is 1. The summed E-state index contributed by atoms with van der Waals surface area (Å²) in [7, 11) is -5.14. The van der Waals surface area contributed by atoms with Crippen LogP contribution in [0.2, 0.25) is 0 Å². The second kappa shape index (κ2) is 7.26. The molecule has 1 fully saturated rings. The predicted octanol–water partition coefficient (Wildman–Crippen LogP) is -3.06. The molecular formula is C10H19ClNO6PS. The predicted molar refractivity (Wildman–Crippen MR) is 71.9 cm³/mol. The zero-order chi connectivity index (χ0) is 14.7. The Labute approximate surface area is 128 Å². The Morgan fingerprint density at radius 1 is 1.35 bits per heavy atom. The first-order valence-corrected chi connectivity index (χ1v) is 8.05. The van der Waals surface area contributed by atoms with Crippen LogP contribution in [0.4, 0.5) is 0 Å². The third-order valence-corrected chi connectivity index (χ3v) is 5.26. The van der Waals surface area contributed by atoms with Crippen molar-refractivity contribution in [2.45, 2.75) is 24.6 Å². The summed E-state index contributed by atoms with van der Waals surface area (Å²) in [4.78, 5) is 29.0. The van der Waals surface area contributed by atoms with Gasteiger partial charge in [0.05, 0.1) is 19.6 Å². The van der Waals surface area contributed by atoms with E-state index in [2.05, 4.69) is 0 Å². The largest absolute Gasteiger partial charge is 1.00 e. The van der Waals surface area contributed by atoms with Crippen molar-refractivity contribution in [3.8, 4) is 0 Å². The summed E-state index contributed by atoms with van der Waals surface area (Å²) >= 11 is 4.82. The number of hydrogen-bond acceptors (Lipinski definition) is 4. The van der Waals surface area contributed by atoms with E-state index in [0.717, 1.165) is 25.9 Å². The Hall–Kier alpha value is -0.0800. The van der Waals surface area contributed by atoms with Gasteiger partial charge in [-0.3, -0.25) is 4.57 Å². The van der Waals surface area contributed by atoms with Crippen molar-refractivity contribution in [2.75, 3.05) is 26.2 Å². The minimum Gasteiger partial charge on any atom is -1.00 e. The Bertz CT molecular complexity index is 411. The monoisotopic (exact) mass is 347 g/mol. The van der Waals surface area contributed by atoms with Gasteiger partial charge < -0.3 is 36.9 Å². The van der Waals surface area contributed by atoms with Gasteiger partial charge in [-0.05, 0) is 0 Å². The van der Waals surface area contributed by atoms with Crippen LogP contribution in [0.1, 0.15) is 19.3 Å². The third-order valence-electron chi connectivity index (χ3n) is 3.74. The Morgan fingerprint density at radius 2 is 1.85 bits per heavy atom. The average molecular weight is 348 g/mol. The Balaban J connectivity index is 0.00000361. The second-order valence-corrected chi connectivity index (χ2v) is 7.15. The molecule has 0 aromatic rings. The van der Waals surface area contributed by atoms with Crippen molar-refractivity contribution in [2.24, 2.45) is 0 Å². The summed E-state index contributed by atoms with van der Waals surface area (Å²) in [5.74, 6) is -1.89. The molecule has 0 saturated carbocycles. The quantitative estimate of drug-likeness (QED) is 0.220. The van der Waals surface area contributed by atoms with E-state index >= 15 is 0 Å². The summed E-state index contributed by atoms with van der Waals surface area (Å²) in [6, 6.07) is 0. The van der Waals surface area contributed by atoms with Crippen molar-refractivity contribution in [3.05, 3.63) is 0 Å². The minimum absolute atomic E-state index is 0. The number of aliphatic hydroxyl groups is 1. The van der Waals surface area contributed by atoms with Gasteiger partial charge in [0.15, 0.2) is 0 Å². The molecule has 1 aliphatic heterocycles. The van der Waals surface area contributed by atoms with Crippen molar-refractivity contribution in [1.29, 1.82) is 0 Å². The minimum atomic E-state index is -5.14. The average Bonchev–Trinajstić information content (AvgIpc) is 2.74. The van der Waals surface area contributed by atoms with Crippen molar-refractivity contribution in [3.63, 3.8) is 0 Å². The molecule has 1 atom stereocenters. The first kappa shape index (κ1) is 19.9. The lowest BCUT2D eigenvalue weighted by atomic mass is 10.2. The maximum absolute atomic E-state index is 11.2. The molecule has 0 aromatic heterocycles. The van der Waals surface area contributed by atoms with Crippen LogP contribution in [-0.4, -0.2) is 67.3 Å². The smallest absolute Gasteiger partial charge is 0.368 e. The lowest BCUT2D eigenvalue weighted by Crippen LogP contribution is -3.00. The molecule has 0 aliphatic carbocycles. The molecule has 0 radical (unpaired) electrons. The van der Waals surface area contributed by atoms with Crippen LogP contribution in [0.3, 0.4) is 0 Å². The van der Waals surface area contributed by atoms with Crippen molar-refractivity contribution in [1.82, 2.24) is 0 Å². The maximum Gasteiger partial charge on any atom is 0.368 e. The molecule has 20 heavy (non-hydrogen) atoms.